The Morgan fingerprint density at radius 3 is 2.62 bits per heavy atom. The zero-order chi connectivity index (χ0) is 14.7. The Bertz CT molecular complexity index is 630. The van der Waals surface area contributed by atoms with Crippen LogP contribution in [0.4, 0.5) is 5.69 Å². The first-order chi connectivity index (χ1) is 10.3. The van der Waals surface area contributed by atoms with Gasteiger partial charge in [0.15, 0.2) is 0 Å². The van der Waals surface area contributed by atoms with E-state index in [1.54, 1.807) is 4.90 Å². The topological polar surface area (TPSA) is 29.5 Å². The van der Waals surface area contributed by atoms with Gasteiger partial charge in [-0.1, -0.05) is 42.5 Å². The third kappa shape index (κ3) is 2.88. The molecule has 0 N–H and O–H groups in total. The third-order valence-corrected chi connectivity index (χ3v) is 3.95. The van der Waals surface area contributed by atoms with Crippen molar-refractivity contribution in [2.24, 2.45) is 0 Å². The zero-order valence-corrected chi connectivity index (χ0v) is 12.3. The summed E-state index contributed by atoms with van der Waals surface area (Å²) in [7, 11) is 0. The summed E-state index contributed by atoms with van der Waals surface area (Å²) in [4.78, 5) is 14.5. The highest BCUT2D eigenvalue weighted by Gasteiger charge is 2.27. The van der Waals surface area contributed by atoms with E-state index >= 15 is 0 Å². The molecule has 1 amide bonds. The standard InChI is InChI=1S/C17H16ClNO2/c18-16(13-7-2-1-3-8-13)17(20)19-11-6-12-21-15-10-5-4-9-14(15)19/h1-5,7-10,16H,6,11-12H2. The number of alkyl halides is 1. The molecule has 1 aliphatic rings. The largest absolute Gasteiger partial charge is 0.491 e. The molecular weight excluding hydrogens is 286 g/mol. The van der Waals surface area contributed by atoms with Gasteiger partial charge < -0.3 is 9.64 Å². The molecule has 1 unspecified atom stereocenters. The normalized spacial score (nSPS) is 15.6. The maximum atomic E-state index is 12.8. The minimum Gasteiger partial charge on any atom is -0.491 e. The van der Waals surface area contributed by atoms with Crippen LogP contribution in [0.3, 0.4) is 0 Å². The van der Waals surface area contributed by atoms with E-state index in [0.717, 1.165) is 23.4 Å². The van der Waals surface area contributed by atoms with E-state index in [9.17, 15) is 4.79 Å². The van der Waals surface area contributed by atoms with Gasteiger partial charge in [-0.2, -0.15) is 0 Å². The molecule has 0 radical (unpaired) electrons. The number of rotatable bonds is 2. The van der Waals surface area contributed by atoms with Crippen molar-refractivity contribution in [3.05, 3.63) is 60.2 Å². The first kappa shape index (κ1) is 14.0. The molecule has 0 fully saturated rings. The zero-order valence-electron chi connectivity index (χ0n) is 11.5. The molecule has 1 heterocycles. The van der Waals surface area contributed by atoms with Crippen molar-refractivity contribution in [2.75, 3.05) is 18.1 Å². The lowest BCUT2D eigenvalue weighted by atomic mass is 10.1. The van der Waals surface area contributed by atoms with Crippen molar-refractivity contribution in [2.45, 2.75) is 11.8 Å². The highest BCUT2D eigenvalue weighted by Crippen LogP contribution is 2.33. The molecule has 2 aromatic rings. The number of fused-ring (bicyclic) bond motifs is 1. The molecule has 0 saturated carbocycles. The first-order valence-electron chi connectivity index (χ1n) is 6.99. The highest BCUT2D eigenvalue weighted by atomic mass is 35.5. The first-order valence-corrected chi connectivity index (χ1v) is 7.43. The predicted molar refractivity (Wildman–Crippen MR) is 83.9 cm³/mol. The van der Waals surface area contributed by atoms with Crippen molar-refractivity contribution in [1.82, 2.24) is 0 Å². The molecule has 1 atom stereocenters. The van der Waals surface area contributed by atoms with Crippen molar-refractivity contribution in [3.8, 4) is 5.75 Å². The molecule has 3 nitrogen and oxygen atoms in total. The minimum atomic E-state index is -0.683. The molecular formula is C17H16ClNO2. The molecule has 0 saturated heterocycles. The van der Waals surface area contributed by atoms with Crippen LogP contribution in [0.1, 0.15) is 17.4 Å². The number of carbonyl (C=O) groups excluding carboxylic acids is 1. The Morgan fingerprint density at radius 1 is 1.10 bits per heavy atom. The van der Waals surface area contributed by atoms with Crippen molar-refractivity contribution >= 4 is 23.2 Å². The van der Waals surface area contributed by atoms with Gasteiger partial charge in [-0.3, -0.25) is 4.79 Å². The molecule has 1 aliphatic heterocycles. The SMILES string of the molecule is O=C(C(Cl)c1ccccc1)N1CCCOc2ccccc21. The molecule has 4 heteroatoms. The lowest BCUT2D eigenvalue weighted by molar-refractivity contribution is -0.118. The van der Waals surface area contributed by atoms with E-state index in [4.69, 9.17) is 16.3 Å². The van der Waals surface area contributed by atoms with Crippen LogP contribution in [-0.2, 0) is 4.79 Å². The molecule has 2 aromatic carbocycles. The molecule has 0 bridgehead atoms. The summed E-state index contributed by atoms with van der Waals surface area (Å²) in [5.74, 6) is 0.626. The van der Waals surface area contributed by atoms with Crippen LogP contribution >= 0.6 is 11.6 Å². The van der Waals surface area contributed by atoms with E-state index in [1.165, 1.54) is 0 Å². The lowest BCUT2D eigenvalue weighted by Crippen LogP contribution is -2.34. The van der Waals surface area contributed by atoms with Crippen LogP contribution in [0.5, 0.6) is 5.75 Å². The molecule has 0 aromatic heterocycles. The number of hydrogen-bond donors (Lipinski definition) is 0. The number of hydrogen-bond acceptors (Lipinski definition) is 2. The average Bonchev–Trinajstić information content (AvgIpc) is 2.77. The number of ether oxygens (including phenoxy) is 1. The van der Waals surface area contributed by atoms with Crippen LogP contribution in [0.25, 0.3) is 0 Å². The summed E-state index contributed by atoms with van der Waals surface area (Å²) in [5, 5.41) is -0.683. The summed E-state index contributed by atoms with van der Waals surface area (Å²) in [6.07, 6.45) is 0.790. The number of para-hydroxylation sites is 2. The lowest BCUT2D eigenvalue weighted by Gasteiger charge is -2.24. The molecule has 3 rings (SSSR count). The highest BCUT2D eigenvalue weighted by molar-refractivity contribution is 6.33. The van der Waals surface area contributed by atoms with E-state index in [-0.39, 0.29) is 5.91 Å². The summed E-state index contributed by atoms with van der Waals surface area (Å²) < 4.78 is 5.68. The second-order valence-corrected chi connectivity index (χ2v) is 5.37. The fourth-order valence-corrected chi connectivity index (χ4v) is 2.72. The molecule has 21 heavy (non-hydrogen) atoms. The quantitative estimate of drug-likeness (QED) is 0.790. The van der Waals surface area contributed by atoms with Gasteiger partial charge in [0.25, 0.3) is 0 Å². The number of anilines is 1. The van der Waals surface area contributed by atoms with E-state index in [2.05, 4.69) is 0 Å². The maximum Gasteiger partial charge on any atom is 0.249 e. The van der Waals surface area contributed by atoms with Crippen molar-refractivity contribution in [3.63, 3.8) is 0 Å². The third-order valence-electron chi connectivity index (χ3n) is 3.51. The van der Waals surface area contributed by atoms with Gasteiger partial charge in [0, 0.05) is 6.54 Å². The summed E-state index contributed by atoms with van der Waals surface area (Å²) in [6.45, 7) is 1.23. The summed E-state index contributed by atoms with van der Waals surface area (Å²) in [6, 6.07) is 17.0. The van der Waals surface area contributed by atoms with Crippen LogP contribution in [0.2, 0.25) is 0 Å². The Labute approximate surface area is 129 Å². The maximum absolute atomic E-state index is 12.8. The number of benzene rings is 2. The van der Waals surface area contributed by atoms with Crippen molar-refractivity contribution in [1.29, 1.82) is 0 Å². The van der Waals surface area contributed by atoms with Gasteiger partial charge in [-0.25, -0.2) is 0 Å². The number of carbonyl (C=O) groups is 1. The van der Waals surface area contributed by atoms with E-state index in [0.29, 0.717) is 13.2 Å². The number of halogens is 1. The fraction of sp³-hybridized carbons (Fsp3) is 0.235. The monoisotopic (exact) mass is 301 g/mol. The van der Waals surface area contributed by atoms with Crippen LogP contribution in [0, 0.1) is 0 Å². The van der Waals surface area contributed by atoms with Gasteiger partial charge >= 0.3 is 0 Å². The molecule has 0 aliphatic carbocycles. The Hall–Kier alpha value is -2.00. The van der Waals surface area contributed by atoms with Gasteiger partial charge in [0.1, 0.15) is 11.1 Å². The number of amides is 1. The molecule has 0 spiro atoms. The van der Waals surface area contributed by atoms with Gasteiger partial charge in [0.05, 0.1) is 12.3 Å². The van der Waals surface area contributed by atoms with Gasteiger partial charge in [-0.05, 0) is 24.1 Å². The predicted octanol–water partition coefficient (Wildman–Crippen LogP) is 3.78. The summed E-state index contributed by atoms with van der Waals surface area (Å²) >= 11 is 6.38. The molecule has 108 valence electrons. The Morgan fingerprint density at radius 2 is 1.81 bits per heavy atom. The van der Waals surface area contributed by atoms with E-state index < -0.39 is 5.38 Å². The second kappa shape index (κ2) is 6.19. The van der Waals surface area contributed by atoms with E-state index in [1.807, 2.05) is 54.6 Å². The average molecular weight is 302 g/mol. The van der Waals surface area contributed by atoms with Gasteiger partial charge in [0.2, 0.25) is 5.91 Å². The van der Waals surface area contributed by atoms with Crippen LogP contribution in [-0.4, -0.2) is 19.1 Å². The minimum absolute atomic E-state index is 0.110. The Kier molecular flexibility index (Phi) is 4.11. The second-order valence-electron chi connectivity index (χ2n) is 4.93. The number of nitrogens with zero attached hydrogens (tertiary/aromatic N) is 1. The van der Waals surface area contributed by atoms with Crippen LogP contribution in [0.15, 0.2) is 54.6 Å². The van der Waals surface area contributed by atoms with Gasteiger partial charge in [-0.15, -0.1) is 11.6 Å². The van der Waals surface area contributed by atoms with Crippen molar-refractivity contribution < 1.29 is 9.53 Å². The summed E-state index contributed by atoms with van der Waals surface area (Å²) in [5.41, 5.74) is 1.60. The fourth-order valence-electron chi connectivity index (χ4n) is 2.46. The van der Waals surface area contributed by atoms with Crippen LogP contribution < -0.4 is 9.64 Å². The Balaban J connectivity index is 1.91. The smallest absolute Gasteiger partial charge is 0.249 e.